The number of nitrogens with zero attached hydrogens (tertiary/aromatic N) is 2. The molecule has 1 aromatic rings. The molecule has 2 rings (SSSR count). The van der Waals surface area contributed by atoms with Crippen LogP contribution in [0.2, 0.25) is 5.02 Å². The summed E-state index contributed by atoms with van der Waals surface area (Å²) in [5.41, 5.74) is 0.732. The molecule has 1 aliphatic heterocycles. The van der Waals surface area contributed by atoms with Crippen LogP contribution in [0.4, 0.5) is 4.39 Å². The van der Waals surface area contributed by atoms with Crippen LogP contribution >= 0.6 is 35.6 Å². The third-order valence-electron chi connectivity index (χ3n) is 3.97. The molecule has 0 aliphatic carbocycles. The highest BCUT2D eigenvalue weighted by Gasteiger charge is 2.25. The van der Waals surface area contributed by atoms with Crippen molar-refractivity contribution >= 4 is 41.5 Å². The first-order valence-corrected chi connectivity index (χ1v) is 7.73. The van der Waals surface area contributed by atoms with Crippen LogP contribution in [0.5, 0.6) is 0 Å². The second-order valence-electron chi connectivity index (χ2n) is 6.10. The minimum Gasteiger partial charge on any atom is -0.355 e. The van der Waals surface area contributed by atoms with Crippen molar-refractivity contribution < 1.29 is 4.39 Å². The molecule has 6 heteroatoms. The molecule has 1 heterocycles. The zero-order chi connectivity index (χ0) is 15.5. The zero-order valence-corrected chi connectivity index (χ0v) is 16.4. The molecule has 1 aromatic carbocycles. The number of rotatable bonds is 3. The van der Waals surface area contributed by atoms with Crippen LogP contribution in [0.25, 0.3) is 0 Å². The maximum Gasteiger partial charge on any atom is 0.193 e. The number of guanidine groups is 1. The van der Waals surface area contributed by atoms with Gasteiger partial charge >= 0.3 is 0 Å². The second-order valence-corrected chi connectivity index (χ2v) is 6.51. The number of aliphatic imine (C=N–C) groups is 1. The van der Waals surface area contributed by atoms with Gasteiger partial charge in [-0.15, -0.1) is 24.0 Å². The average Bonchev–Trinajstić information content (AvgIpc) is 2.93. The van der Waals surface area contributed by atoms with Crippen molar-refractivity contribution in [2.75, 3.05) is 26.7 Å². The standard InChI is InChI=1S/C16H23ClFN3.HI/c1-16(2,13-7-6-12(18)10-14(13)17)11-20-15(19-3)21-8-4-5-9-21;/h6-7,10H,4-5,8-9,11H2,1-3H3,(H,19,20);1H. The summed E-state index contributed by atoms with van der Waals surface area (Å²) in [5, 5.41) is 3.89. The Balaban J connectivity index is 0.00000242. The van der Waals surface area contributed by atoms with Gasteiger partial charge in [0.25, 0.3) is 0 Å². The molecule has 1 aliphatic rings. The summed E-state index contributed by atoms with van der Waals surface area (Å²) in [7, 11) is 1.80. The molecule has 1 N–H and O–H groups in total. The van der Waals surface area contributed by atoms with Gasteiger partial charge in [0.05, 0.1) is 0 Å². The van der Waals surface area contributed by atoms with E-state index in [-0.39, 0.29) is 35.2 Å². The molecule has 0 bridgehead atoms. The summed E-state index contributed by atoms with van der Waals surface area (Å²) in [6.45, 7) is 6.99. The predicted molar refractivity (Wildman–Crippen MR) is 102 cm³/mol. The van der Waals surface area contributed by atoms with Crippen LogP contribution in [-0.2, 0) is 5.41 Å². The lowest BCUT2D eigenvalue weighted by molar-refractivity contribution is 0.458. The maximum absolute atomic E-state index is 13.2. The van der Waals surface area contributed by atoms with Crippen molar-refractivity contribution in [3.8, 4) is 0 Å². The Hall–Kier alpha value is -0.560. The van der Waals surface area contributed by atoms with Gasteiger partial charge in [0.15, 0.2) is 5.96 Å². The van der Waals surface area contributed by atoms with Crippen LogP contribution in [0.1, 0.15) is 32.3 Å². The van der Waals surface area contributed by atoms with Gasteiger partial charge in [-0.25, -0.2) is 4.39 Å². The second kappa shape index (κ2) is 8.34. The quantitative estimate of drug-likeness (QED) is 0.437. The summed E-state index contributed by atoms with van der Waals surface area (Å²) < 4.78 is 13.2. The Labute approximate surface area is 154 Å². The molecule has 22 heavy (non-hydrogen) atoms. The van der Waals surface area contributed by atoms with E-state index in [1.54, 1.807) is 13.1 Å². The maximum atomic E-state index is 13.2. The Morgan fingerprint density at radius 3 is 2.55 bits per heavy atom. The number of likely N-dealkylation sites (tertiary alicyclic amines) is 1. The molecule has 0 unspecified atom stereocenters. The van der Waals surface area contributed by atoms with E-state index in [0.717, 1.165) is 24.6 Å². The van der Waals surface area contributed by atoms with Crippen LogP contribution < -0.4 is 5.32 Å². The Kier molecular flexibility index (Phi) is 7.38. The average molecular weight is 440 g/mol. The highest BCUT2D eigenvalue weighted by Crippen LogP contribution is 2.30. The van der Waals surface area contributed by atoms with Gasteiger partial charge in [0, 0.05) is 37.1 Å². The SMILES string of the molecule is CN=C(NCC(C)(C)c1ccc(F)cc1Cl)N1CCCC1.I. The van der Waals surface area contributed by atoms with E-state index in [2.05, 4.69) is 29.1 Å². The fourth-order valence-electron chi connectivity index (χ4n) is 2.69. The Morgan fingerprint density at radius 2 is 2.00 bits per heavy atom. The van der Waals surface area contributed by atoms with Gasteiger partial charge in [-0.05, 0) is 30.5 Å². The summed E-state index contributed by atoms with van der Waals surface area (Å²) in [5.74, 6) is 0.624. The van der Waals surface area contributed by atoms with Crippen LogP contribution in [0.3, 0.4) is 0 Å². The molecular weight excluding hydrogens is 416 g/mol. The number of halogens is 3. The van der Waals surface area contributed by atoms with Gasteiger partial charge in [-0.3, -0.25) is 4.99 Å². The van der Waals surface area contributed by atoms with E-state index in [4.69, 9.17) is 11.6 Å². The number of nitrogens with one attached hydrogen (secondary N) is 1. The van der Waals surface area contributed by atoms with Gasteiger partial charge in [0.2, 0.25) is 0 Å². The highest BCUT2D eigenvalue weighted by atomic mass is 127. The Bertz CT molecular complexity index is 528. The predicted octanol–water partition coefficient (Wildman–Crippen LogP) is 4.05. The molecule has 0 atom stereocenters. The van der Waals surface area contributed by atoms with Gasteiger partial charge in [-0.1, -0.05) is 31.5 Å². The fraction of sp³-hybridized carbons (Fsp3) is 0.562. The first-order valence-electron chi connectivity index (χ1n) is 7.35. The van der Waals surface area contributed by atoms with E-state index in [1.165, 1.54) is 25.0 Å². The summed E-state index contributed by atoms with van der Waals surface area (Å²) in [4.78, 5) is 6.61. The first kappa shape index (κ1) is 19.5. The summed E-state index contributed by atoms with van der Waals surface area (Å²) in [6.07, 6.45) is 2.43. The number of benzene rings is 1. The van der Waals surface area contributed by atoms with E-state index in [0.29, 0.717) is 11.6 Å². The van der Waals surface area contributed by atoms with Gasteiger partial charge < -0.3 is 10.2 Å². The molecule has 0 amide bonds. The van der Waals surface area contributed by atoms with Crippen LogP contribution in [0.15, 0.2) is 23.2 Å². The highest BCUT2D eigenvalue weighted by molar-refractivity contribution is 14.0. The van der Waals surface area contributed by atoms with E-state index in [9.17, 15) is 4.39 Å². The lowest BCUT2D eigenvalue weighted by Gasteiger charge is -2.29. The third-order valence-corrected chi connectivity index (χ3v) is 4.28. The molecule has 1 saturated heterocycles. The molecular formula is C16H24ClFIN3. The van der Waals surface area contributed by atoms with Crippen molar-refractivity contribution in [3.05, 3.63) is 34.6 Å². The molecule has 0 radical (unpaired) electrons. The minimum absolute atomic E-state index is 0. The summed E-state index contributed by atoms with van der Waals surface area (Å²) >= 11 is 6.18. The molecule has 3 nitrogen and oxygen atoms in total. The van der Waals surface area contributed by atoms with Crippen LogP contribution in [-0.4, -0.2) is 37.5 Å². The van der Waals surface area contributed by atoms with E-state index >= 15 is 0 Å². The van der Waals surface area contributed by atoms with Crippen molar-refractivity contribution in [2.45, 2.75) is 32.1 Å². The van der Waals surface area contributed by atoms with Gasteiger partial charge in [-0.2, -0.15) is 0 Å². The summed E-state index contributed by atoms with van der Waals surface area (Å²) in [6, 6.07) is 4.59. The fourth-order valence-corrected chi connectivity index (χ4v) is 3.12. The van der Waals surface area contributed by atoms with Crippen LogP contribution in [0, 0.1) is 5.82 Å². The topological polar surface area (TPSA) is 27.6 Å². The van der Waals surface area contributed by atoms with Crippen molar-refractivity contribution in [1.82, 2.24) is 10.2 Å². The molecule has 0 saturated carbocycles. The largest absolute Gasteiger partial charge is 0.355 e. The lowest BCUT2D eigenvalue weighted by Crippen LogP contribution is -2.44. The van der Waals surface area contributed by atoms with Crippen molar-refractivity contribution in [3.63, 3.8) is 0 Å². The molecule has 0 aromatic heterocycles. The van der Waals surface area contributed by atoms with E-state index < -0.39 is 0 Å². The molecule has 124 valence electrons. The Morgan fingerprint density at radius 1 is 1.36 bits per heavy atom. The van der Waals surface area contributed by atoms with Gasteiger partial charge in [0.1, 0.15) is 5.82 Å². The smallest absolute Gasteiger partial charge is 0.193 e. The number of hydrogen-bond acceptors (Lipinski definition) is 1. The first-order chi connectivity index (χ1) is 9.94. The van der Waals surface area contributed by atoms with Crippen molar-refractivity contribution in [2.24, 2.45) is 4.99 Å². The minimum atomic E-state index is -0.305. The normalized spacial score (nSPS) is 15.7. The van der Waals surface area contributed by atoms with E-state index in [1.807, 2.05) is 0 Å². The lowest BCUT2D eigenvalue weighted by atomic mass is 9.84. The van der Waals surface area contributed by atoms with Crippen molar-refractivity contribution in [1.29, 1.82) is 0 Å². The zero-order valence-electron chi connectivity index (χ0n) is 13.3. The molecule has 1 fully saturated rings. The third kappa shape index (κ3) is 4.72. The number of hydrogen-bond donors (Lipinski definition) is 1. The monoisotopic (exact) mass is 439 g/mol. The molecule has 0 spiro atoms.